The molecule has 0 bridgehead atoms. The summed E-state index contributed by atoms with van der Waals surface area (Å²) >= 11 is 1.21. The molecule has 0 aliphatic rings. The molecule has 1 unspecified atom stereocenters. The fourth-order valence-corrected chi connectivity index (χ4v) is 2.09. The van der Waals surface area contributed by atoms with Gasteiger partial charge in [-0.15, -0.1) is 0 Å². The van der Waals surface area contributed by atoms with E-state index in [1.165, 1.54) is 17.8 Å². The fraction of sp³-hybridized carbons (Fsp3) is 0.333. The molecule has 0 aliphatic carbocycles. The topological polar surface area (TPSA) is 92.4 Å². The molecule has 1 aromatic rings. The van der Waals surface area contributed by atoms with Crippen molar-refractivity contribution < 1.29 is 23.5 Å². The summed E-state index contributed by atoms with van der Waals surface area (Å²) in [6, 6.07) is 2.11. The van der Waals surface area contributed by atoms with E-state index in [1.54, 1.807) is 0 Å². The zero-order valence-corrected chi connectivity index (χ0v) is 11.3. The number of nitrogens with one attached hydrogen (secondary N) is 1. The summed E-state index contributed by atoms with van der Waals surface area (Å²) in [5, 5.41) is 11.0. The normalized spacial score (nSPS) is 11.9. The average molecular weight is 304 g/mol. The van der Waals surface area contributed by atoms with Gasteiger partial charge in [0, 0.05) is 11.8 Å². The van der Waals surface area contributed by atoms with Crippen molar-refractivity contribution in [1.29, 1.82) is 0 Å². The number of anilines is 1. The third kappa shape index (κ3) is 5.54. The number of rotatable bonds is 7. The molecule has 0 saturated heterocycles. The molecule has 0 heterocycles. The maximum atomic E-state index is 12.9. The van der Waals surface area contributed by atoms with Crippen LogP contribution in [0.1, 0.15) is 6.42 Å². The number of halogens is 2. The van der Waals surface area contributed by atoms with E-state index in [0.29, 0.717) is 5.75 Å². The number of hydrogen-bond acceptors (Lipinski definition) is 4. The van der Waals surface area contributed by atoms with E-state index >= 15 is 0 Å². The maximum absolute atomic E-state index is 12.9. The van der Waals surface area contributed by atoms with Crippen LogP contribution in [0, 0.1) is 11.6 Å². The van der Waals surface area contributed by atoms with Crippen LogP contribution in [0.15, 0.2) is 18.2 Å². The Labute approximate surface area is 118 Å². The van der Waals surface area contributed by atoms with E-state index in [-0.39, 0.29) is 23.8 Å². The summed E-state index contributed by atoms with van der Waals surface area (Å²) in [7, 11) is 0. The van der Waals surface area contributed by atoms with Crippen molar-refractivity contribution >= 4 is 29.3 Å². The van der Waals surface area contributed by atoms with Gasteiger partial charge in [-0.1, -0.05) is 0 Å². The van der Waals surface area contributed by atoms with E-state index < -0.39 is 23.6 Å². The van der Waals surface area contributed by atoms with Crippen molar-refractivity contribution in [3.8, 4) is 0 Å². The summed E-state index contributed by atoms with van der Waals surface area (Å²) in [6.07, 6.45) is 0.248. The molecule has 0 spiro atoms. The first-order valence-electron chi connectivity index (χ1n) is 5.71. The lowest BCUT2D eigenvalue weighted by Gasteiger charge is -2.07. The highest BCUT2D eigenvalue weighted by atomic mass is 32.2. The van der Waals surface area contributed by atoms with Gasteiger partial charge in [-0.25, -0.2) is 8.78 Å². The van der Waals surface area contributed by atoms with Crippen molar-refractivity contribution in [3.05, 3.63) is 29.8 Å². The molecule has 20 heavy (non-hydrogen) atoms. The van der Waals surface area contributed by atoms with Crippen LogP contribution in [0.3, 0.4) is 0 Å². The molecular formula is C12H14F2N2O3S. The molecule has 5 nitrogen and oxygen atoms in total. The Morgan fingerprint density at radius 2 is 2.05 bits per heavy atom. The quantitative estimate of drug-likeness (QED) is 0.663. The van der Waals surface area contributed by atoms with Gasteiger partial charge in [0.1, 0.15) is 6.04 Å². The number of nitrogens with two attached hydrogens (primary N) is 1. The van der Waals surface area contributed by atoms with Crippen LogP contribution in [0.2, 0.25) is 0 Å². The lowest BCUT2D eigenvalue weighted by molar-refractivity contribution is -0.138. The molecular weight excluding hydrogens is 290 g/mol. The molecule has 1 rings (SSSR count). The Bertz CT molecular complexity index is 500. The molecule has 8 heteroatoms. The van der Waals surface area contributed by atoms with Gasteiger partial charge in [-0.2, -0.15) is 11.8 Å². The maximum Gasteiger partial charge on any atom is 0.320 e. The molecule has 4 N–H and O–H groups in total. The van der Waals surface area contributed by atoms with Crippen molar-refractivity contribution in [3.63, 3.8) is 0 Å². The second-order valence-electron chi connectivity index (χ2n) is 3.96. The second kappa shape index (κ2) is 7.81. The number of carbonyl (C=O) groups is 2. The predicted octanol–water partition coefficient (Wildman–Crippen LogP) is 1.44. The molecule has 1 aromatic carbocycles. The Kier molecular flexibility index (Phi) is 6.40. The first-order chi connectivity index (χ1) is 9.40. The number of carbonyl (C=O) groups excluding carboxylic acids is 1. The minimum Gasteiger partial charge on any atom is -0.480 e. The van der Waals surface area contributed by atoms with E-state index in [1.807, 2.05) is 0 Å². The summed E-state index contributed by atoms with van der Waals surface area (Å²) < 4.78 is 25.6. The first kappa shape index (κ1) is 16.4. The number of thioether (sulfide) groups is 1. The Morgan fingerprint density at radius 3 is 2.65 bits per heavy atom. The lowest BCUT2D eigenvalue weighted by atomic mass is 10.2. The number of hydrogen-bond donors (Lipinski definition) is 3. The fourth-order valence-electron chi connectivity index (χ4n) is 1.27. The van der Waals surface area contributed by atoms with Crippen molar-refractivity contribution in [2.24, 2.45) is 5.73 Å². The Balaban J connectivity index is 2.30. The molecule has 0 aromatic heterocycles. The van der Waals surface area contributed by atoms with Gasteiger partial charge in [-0.05, 0) is 24.3 Å². The SMILES string of the molecule is NC(CCSCC(=O)Nc1ccc(F)c(F)c1)C(=O)O. The van der Waals surface area contributed by atoms with Crippen LogP contribution in [0.5, 0.6) is 0 Å². The molecule has 0 radical (unpaired) electrons. The highest BCUT2D eigenvalue weighted by Crippen LogP contribution is 2.13. The molecule has 0 fully saturated rings. The minimum absolute atomic E-state index is 0.0747. The number of aliphatic carboxylic acids is 1. The number of benzene rings is 1. The van der Waals surface area contributed by atoms with Crippen molar-refractivity contribution in [1.82, 2.24) is 0 Å². The smallest absolute Gasteiger partial charge is 0.320 e. The molecule has 1 amide bonds. The largest absolute Gasteiger partial charge is 0.480 e. The zero-order chi connectivity index (χ0) is 15.1. The number of amides is 1. The highest BCUT2D eigenvalue weighted by Gasteiger charge is 2.11. The highest BCUT2D eigenvalue weighted by molar-refractivity contribution is 7.99. The van der Waals surface area contributed by atoms with Gasteiger partial charge in [0.25, 0.3) is 0 Å². The Morgan fingerprint density at radius 1 is 1.35 bits per heavy atom. The van der Waals surface area contributed by atoms with E-state index in [2.05, 4.69) is 5.32 Å². The van der Waals surface area contributed by atoms with Gasteiger partial charge < -0.3 is 16.2 Å². The van der Waals surface area contributed by atoms with E-state index in [9.17, 15) is 18.4 Å². The molecule has 0 saturated carbocycles. The van der Waals surface area contributed by atoms with Crippen LogP contribution in [0.4, 0.5) is 14.5 Å². The van der Waals surface area contributed by atoms with E-state index in [0.717, 1.165) is 12.1 Å². The van der Waals surface area contributed by atoms with Crippen molar-refractivity contribution in [2.45, 2.75) is 12.5 Å². The van der Waals surface area contributed by atoms with E-state index in [4.69, 9.17) is 10.8 Å². The number of carboxylic acid groups (broad SMARTS) is 1. The summed E-state index contributed by atoms with van der Waals surface area (Å²) in [4.78, 5) is 21.9. The number of carboxylic acids is 1. The van der Waals surface area contributed by atoms with Gasteiger partial charge >= 0.3 is 5.97 Å². The summed E-state index contributed by atoms with van der Waals surface area (Å²) in [6.45, 7) is 0. The molecule has 0 aliphatic heterocycles. The summed E-state index contributed by atoms with van der Waals surface area (Å²) in [5.74, 6) is -3.01. The third-order valence-corrected chi connectivity index (χ3v) is 3.32. The third-order valence-electron chi connectivity index (χ3n) is 2.33. The van der Waals surface area contributed by atoms with Crippen LogP contribution in [0.25, 0.3) is 0 Å². The van der Waals surface area contributed by atoms with Gasteiger partial charge in [-0.3, -0.25) is 9.59 Å². The monoisotopic (exact) mass is 304 g/mol. The molecule has 110 valence electrons. The molecule has 1 atom stereocenters. The first-order valence-corrected chi connectivity index (χ1v) is 6.86. The van der Waals surface area contributed by atoms with Crippen LogP contribution in [-0.4, -0.2) is 34.5 Å². The van der Waals surface area contributed by atoms with Gasteiger partial charge in [0.15, 0.2) is 11.6 Å². The lowest BCUT2D eigenvalue weighted by Crippen LogP contribution is -2.30. The standard InChI is InChI=1S/C12H14F2N2O3S/c13-8-2-1-7(5-9(8)14)16-11(17)6-20-4-3-10(15)12(18)19/h1-2,5,10H,3-4,6,15H2,(H,16,17)(H,18,19). The second-order valence-corrected chi connectivity index (χ2v) is 5.07. The van der Waals surface area contributed by atoms with Gasteiger partial charge in [0.2, 0.25) is 5.91 Å². The zero-order valence-electron chi connectivity index (χ0n) is 10.4. The van der Waals surface area contributed by atoms with Crippen molar-refractivity contribution in [2.75, 3.05) is 16.8 Å². The van der Waals surface area contributed by atoms with Gasteiger partial charge in [0.05, 0.1) is 5.75 Å². The Hall–Kier alpha value is -1.67. The average Bonchev–Trinajstić information content (AvgIpc) is 2.38. The predicted molar refractivity (Wildman–Crippen MR) is 72.5 cm³/mol. The van der Waals surface area contributed by atoms with Crippen LogP contribution < -0.4 is 11.1 Å². The minimum atomic E-state index is -1.09. The summed E-state index contributed by atoms with van der Waals surface area (Å²) in [5.41, 5.74) is 5.46. The van der Waals surface area contributed by atoms with Crippen LogP contribution in [-0.2, 0) is 9.59 Å². The van der Waals surface area contributed by atoms with Crippen LogP contribution >= 0.6 is 11.8 Å².